The van der Waals surface area contributed by atoms with Crippen LogP contribution < -0.4 is 9.64 Å². The molecule has 5 rings (SSSR count). The Morgan fingerprint density at radius 3 is 2.54 bits per heavy atom. The number of rotatable bonds is 5. The van der Waals surface area contributed by atoms with E-state index >= 15 is 0 Å². The van der Waals surface area contributed by atoms with Crippen molar-refractivity contribution in [1.82, 2.24) is 4.90 Å². The summed E-state index contributed by atoms with van der Waals surface area (Å²) in [4.78, 5) is 17.0. The van der Waals surface area contributed by atoms with Gasteiger partial charge in [0.25, 0.3) is 0 Å². The number of nitriles is 1. The second-order valence-corrected chi connectivity index (χ2v) is 10.5. The molecule has 0 N–H and O–H groups in total. The van der Waals surface area contributed by atoms with Crippen LogP contribution >= 0.6 is 39.3 Å². The molecule has 5 nitrogen and oxygen atoms in total. The molecule has 2 aliphatic heterocycles. The van der Waals surface area contributed by atoms with Crippen LogP contribution in [0, 0.1) is 11.3 Å². The van der Waals surface area contributed by atoms with Crippen LogP contribution in [-0.2, 0) is 11.4 Å². The number of allylic oxidation sites excluding steroid dienone is 1. The highest BCUT2D eigenvalue weighted by molar-refractivity contribution is 9.10. The average molecular weight is 567 g/mol. The van der Waals surface area contributed by atoms with Crippen molar-refractivity contribution >= 4 is 50.9 Å². The number of carbonyl (C=O) groups is 1. The first-order chi connectivity index (χ1) is 17.0. The smallest absolute Gasteiger partial charge is 0.229 e. The molecule has 0 radical (unpaired) electrons. The van der Waals surface area contributed by atoms with Crippen LogP contribution in [0.25, 0.3) is 0 Å². The zero-order chi connectivity index (χ0) is 24.4. The molecule has 2 aliphatic rings. The Kier molecular flexibility index (Phi) is 7.05. The predicted octanol–water partition coefficient (Wildman–Crippen LogP) is 6.90. The minimum Gasteiger partial charge on any atom is -0.489 e. The van der Waals surface area contributed by atoms with Crippen molar-refractivity contribution in [1.29, 1.82) is 5.26 Å². The van der Waals surface area contributed by atoms with E-state index in [2.05, 4.69) is 26.9 Å². The number of halogens is 2. The standard InChI is InChI=1S/C27H21BrClN3O2S/c28-20-7-9-21(10-8-20)31-16-32-26(33)13-23(24(14-30)27(32)35-17-31)18-5-11-22(12-6-18)34-15-19-3-1-2-4-25(19)29/h1-12,23H,13,15-17H2/t23-/m1/s1. The van der Waals surface area contributed by atoms with Gasteiger partial charge in [-0.05, 0) is 48.0 Å². The fourth-order valence-corrected chi connectivity index (χ4v) is 5.86. The molecule has 1 atom stereocenters. The normalized spacial score (nSPS) is 17.7. The second-order valence-electron chi connectivity index (χ2n) is 8.29. The molecule has 1 amide bonds. The number of benzene rings is 3. The molecule has 0 bridgehead atoms. The molecule has 35 heavy (non-hydrogen) atoms. The topological polar surface area (TPSA) is 56.6 Å². The van der Waals surface area contributed by atoms with Crippen LogP contribution in [0.15, 0.2) is 87.9 Å². The molecule has 0 spiro atoms. The minimum absolute atomic E-state index is 0.0253. The van der Waals surface area contributed by atoms with Crippen molar-refractivity contribution in [3.05, 3.63) is 104 Å². The molecular weight excluding hydrogens is 546 g/mol. The fourth-order valence-electron chi connectivity index (χ4n) is 4.24. The third kappa shape index (κ3) is 5.06. The Balaban J connectivity index is 1.33. The van der Waals surface area contributed by atoms with E-state index in [4.69, 9.17) is 16.3 Å². The van der Waals surface area contributed by atoms with Gasteiger partial charge in [-0.2, -0.15) is 5.26 Å². The average Bonchev–Trinajstić information content (AvgIpc) is 2.89. The first kappa shape index (κ1) is 23.8. The van der Waals surface area contributed by atoms with E-state index in [0.717, 1.165) is 26.3 Å². The zero-order valence-electron chi connectivity index (χ0n) is 18.7. The number of hydrogen-bond acceptors (Lipinski definition) is 5. The molecule has 0 aromatic heterocycles. The molecule has 1 fully saturated rings. The molecular formula is C27H21BrClN3O2S. The van der Waals surface area contributed by atoms with Gasteiger partial charge in [0.05, 0.1) is 29.2 Å². The minimum atomic E-state index is -0.261. The number of thioether (sulfide) groups is 1. The van der Waals surface area contributed by atoms with Gasteiger partial charge in [-0.15, -0.1) is 0 Å². The van der Waals surface area contributed by atoms with E-state index in [0.29, 0.717) is 35.5 Å². The van der Waals surface area contributed by atoms with E-state index in [9.17, 15) is 10.1 Å². The summed E-state index contributed by atoms with van der Waals surface area (Å²) in [6.45, 7) is 0.810. The number of nitrogens with zero attached hydrogens (tertiary/aromatic N) is 3. The lowest BCUT2D eigenvalue weighted by atomic mass is 9.86. The van der Waals surface area contributed by atoms with Gasteiger partial charge < -0.3 is 9.64 Å². The number of carbonyl (C=O) groups excluding carboxylic acids is 1. The van der Waals surface area contributed by atoms with Gasteiger partial charge in [0.15, 0.2) is 0 Å². The molecule has 3 aromatic rings. The lowest BCUT2D eigenvalue weighted by molar-refractivity contribution is -0.129. The summed E-state index contributed by atoms with van der Waals surface area (Å²) in [5, 5.41) is 11.5. The van der Waals surface area contributed by atoms with Crippen molar-refractivity contribution < 1.29 is 9.53 Å². The SMILES string of the molecule is N#CC1=C2SCN(c3ccc(Br)cc3)CN2C(=O)C[C@@H]1c1ccc(OCc2ccccc2Cl)cc1. The molecule has 2 heterocycles. The molecule has 0 aliphatic carbocycles. The van der Waals surface area contributed by atoms with Crippen molar-refractivity contribution in [3.63, 3.8) is 0 Å². The van der Waals surface area contributed by atoms with Crippen LogP contribution in [0.2, 0.25) is 5.02 Å². The third-order valence-electron chi connectivity index (χ3n) is 6.12. The number of hydrogen-bond donors (Lipinski definition) is 0. The molecule has 8 heteroatoms. The maximum absolute atomic E-state index is 13.2. The first-order valence-corrected chi connectivity index (χ1v) is 13.2. The van der Waals surface area contributed by atoms with Gasteiger partial charge in [-0.1, -0.05) is 69.6 Å². The summed E-state index contributed by atoms with van der Waals surface area (Å²) in [6.07, 6.45) is 0.265. The third-order valence-corrected chi connectivity index (χ3v) is 8.17. The van der Waals surface area contributed by atoms with Crippen molar-refractivity contribution in [2.24, 2.45) is 0 Å². The Labute approximate surface area is 222 Å². The van der Waals surface area contributed by atoms with E-state index < -0.39 is 0 Å². The Bertz CT molecular complexity index is 1320. The monoisotopic (exact) mass is 565 g/mol. The molecule has 0 saturated carbocycles. The van der Waals surface area contributed by atoms with Gasteiger partial charge in [-0.3, -0.25) is 9.69 Å². The van der Waals surface area contributed by atoms with Gasteiger partial charge >= 0.3 is 0 Å². The highest BCUT2D eigenvalue weighted by Crippen LogP contribution is 2.43. The van der Waals surface area contributed by atoms with Crippen LogP contribution in [0.4, 0.5) is 5.69 Å². The van der Waals surface area contributed by atoms with E-state index in [-0.39, 0.29) is 18.2 Å². The van der Waals surface area contributed by atoms with Crippen LogP contribution in [0.1, 0.15) is 23.5 Å². The fraction of sp³-hybridized carbons (Fsp3) is 0.185. The lowest BCUT2D eigenvalue weighted by Gasteiger charge is -2.42. The molecule has 3 aromatic carbocycles. The predicted molar refractivity (Wildman–Crippen MR) is 143 cm³/mol. The molecule has 176 valence electrons. The summed E-state index contributed by atoms with van der Waals surface area (Å²) in [7, 11) is 0. The quantitative estimate of drug-likeness (QED) is 0.336. The van der Waals surface area contributed by atoms with Gasteiger partial charge in [-0.25, -0.2) is 0 Å². The molecule has 0 unspecified atom stereocenters. The van der Waals surface area contributed by atoms with Gasteiger partial charge in [0.1, 0.15) is 12.4 Å². The number of anilines is 1. The van der Waals surface area contributed by atoms with E-state index in [1.165, 1.54) is 11.8 Å². The summed E-state index contributed by atoms with van der Waals surface area (Å²) < 4.78 is 6.90. The summed E-state index contributed by atoms with van der Waals surface area (Å²) in [5.74, 6) is 1.15. The number of ether oxygens (including phenoxy) is 1. The van der Waals surface area contributed by atoms with Crippen LogP contribution in [0.3, 0.4) is 0 Å². The summed E-state index contributed by atoms with van der Waals surface area (Å²) in [5.41, 5.74) is 3.54. The van der Waals surface area contributed by atoms with Crippen molar-refractivity contribution in [2.45, 2.75) is 18.9 Å². The second kappa shape index (κ2) is 10.4. The van der Waals surface area contributed by atoms with Crippen molar-refractivity contribution in [2.75, 3.05) is 17.4 Å². The molecule has 1 saturated heterocycles. The van der Waals surface area contributed by atoms with Gasteiger partial charge in [0.2, 0.25) is 5.91 Å². The van der Waals surface area contributed by atoms with E-state index in [1.807, 2.05) is 72.8 Å². The maximum atomic E-state index is 13.2. The Morgan fingerprint density at radius 2 is 1.83 bits per heavy atom. The van der Waals surface area contributed by atoms with Crippen LogP contribution in [-0.4, -0.2) is 23.4 Å². The number of amides is 1. The van der Waals surface area contributed by atoms with Crippen LogP contribution in [0.5, 0.6) is 5.75 Å². The highest BCUT2D eigenvalue weighted by Gasteiger charge is 2.38. The lowest BCUT2D eigenvalue weighted by Crippen LogP contribution is -2.47. The van der Waals surface area contributed by atoms with Crippen molar-refractivity contribution in [3.8, 4) is 11.8 Å². The zero-order valence-corrected chi connectivity index (χ0v) is 21.8. The Morgan fingerprint density at radius 1 is 1.09 bits per heavy atom. The maximum Gasteiger partial charge on any atom is 0.229 e. The van der Waals surface area contributed by atoms with Gasteiger partial charge in [0, 0.05) is 33.1 Å². The highest BCUT2D eigenvalue weighted by atomic mass is 79.9. The summed E-state index contributed by atoms with van der Waals surface area (Å²) in [6, 6.07) is 25.6. The largest absolute Gasteiger partial charge is 0.489 e. The Hall–Kier alpha value is -2.92. The summed E-state index contributed by atoms with van der Waals surface area (Å²) >= 11 is 11.2. The first-order valence-electron chi connectivity index (χ1n) is 11.1. The van der Waals surface area contributed by atoms with E-state index in [1.54, 1.807) is 4.90 Å². The number of fused-ring (bicyclic) bond motifs is 1.